The van der Waals surface area contributed by atoms with Crippen LogP contribution in [0, 0.1) is 0 Å². The molecule has 1 amide bonds. The first-order valence-electron chi connectivity index (χ1n) is 3.58. The average molecular weight is 173 g/mol. The maximum absolute atomic E-state index is 10.6. The summed E-state index contributed by atoms with van der Waals surface area (Å²) in [6, 6.07) is 0. The highest BCUT2D eigenvalue weighted by Gasteiger charge is 1.98. The molecule has 5 heteroatoms. The van der Waals surface area contributed by atoms with E-state index in [1.807, 2.05) is 0 Å². The van der Waals surface area contributed by atoms with E-state index in [1.165, 1.54) is 0 Å². The molecule has 12 heavy (non-hydrogen) atoms. The molecule has 68 valence electrons. The summed E-state index contributed by atoms with van der Waals surface area (Å²) in [6.45, 7) is 3.81. The van der Waals surface area contributed by atoms with Gasteiger partial charge in [0.2, 0.25) is 0 Å². The standard InChI is InChI=1S/C7H11NO4/c1-3-11-6(9)5-8-7(10)12-4-2/h5H,3-4H2,1-2H3. The monoisotopic (exact) mass is 173 g/mol. The SMILES string of the molecule is CCOC(=O)C=NC(=O)OCC. The Bertz CT molecular complexity index is 168. The van der Waals surface area contributed by atoms with Gasteiger partial charge >= 0.3 is 12.1 Å². The minimum Gasteiger partial charge on any atom is -0.462 e. The number of ether oxygens (including phenoxy) is 2. The molecule has 0 aromatic heterocycles. The van der Waals surface area contributed by atoms with Crippen LogP contribution in [0.1, 0.15) is 13.8 Å². The van der Waals surface area contributed by atoms with Crippen LogP contribution in [0.3, 0.4) is 0 Å². The normalized spacial score (nSPS) is 9.83. The molecule has 0 saturated carbocycles. The summed E-state index contributed by atoms with van der Waals surface area (Å²) in [4.78, 5) is 24.3. The van der Waals surface area contributed by atoms with Crippen molar-refractivity contribution in [2.45, 2.75) is 13.8 Å². The zero-order valence-electron chi connectivity index (χ0n) is 7.07. The number of amides is 1. The van der Waals surface area contributed by atoms with Gasteiger partial charge in [-0.1, -0.05) is 0 Å². The molecule has 0 aliphatic carbocycles. The van der Waals surface area contributed by atoms with Gasteiger partial charge in [0.25, 0.3) is 0 Å². The van der Waals surface area contributed by atoms with E-state index in [9.17, 15) is 9.59 Å². The Morgan fingerprint density at radius 1 is 1.25 bits per heavy atom. The number of carbonyl (C=O) groups is 2. The van der Waals surface area contributed by atoms with Crippen LogP contribution < -0.4 is 0 Å². The Hall–Kier alpha value is -1.39. The third-order valence-corrected chi connectivity index (χ3v) is 0.830. The minimum absolute atomic E-state index is 0.235. The van der Waals surface area contributed by atoms with Gasteiger partial charge in [0.1, 0.15) is 6.21 Å². The first-order chi connectivity index (χ1) is 5.70. The molecule has 0 aliphatic heterocycles. The summed E-state index contributed by atoms with van der Waals surface area (Å²) >= 11 is 0. The lowest BCUT2D eigenvalue weighted by Crippen LogP contribution is -2.07. The minimum atomic E-state index is -0.787. The highest BCUT2D eigenvalue weighted by Crippen LogP contribution is 1.82. The third kappa shape index (κ3) is 5.40. The smallest absolute Gasteiger partial charge is 0.433 e. The predicted molar refractivity (Wildman–Crippen MR) is 42.1 cm³/mol. The zero-order valence-corrected chi connectivity index (χ0v) is 7.07. The van der Waals surface area contributed by atoms with Crippen LogP contribution in [0.2, 0.25) is 0 Å². The second-order valence-electron chi connectivity index (χ2n) is 1.71. The lowest BCUT2D eigenvalue weighted by atomic mass is 10.7. The molecule has 0 rings (SSSR count). The molecule has 0 aliphatic rings. The molecule has 0 fully saturated rings. The van der Waals surface area contributed by atoms with Gasteiger partial charge in [-0.25, -0.2) is 9.59 Å². The number of aliphatic imine (C=N–C) groups is 1. The van der Waals surface area contributed by atoms with Crippen molar-refractivity contribution in [3.05, 3.63) is 0 Å². The van der Waals surface area contributed by atoms with E-state index in [1.54, 1.807) is 13.8 Å². The summed E-state index contributed by atoms with van der Waals surface area (Å²) in [7, 11) is 0. The van der Waals surface area contributed by atoms with E-state index in [2.05, 4.69) is 14.5 Å². The Morgan fingerprint density at radius 3 is 2.33 bits per heavy atom. The van der Waals surface area contributed by atoms with E-state index in [0.717, 1.165) is 6.21 Å². The fourth-order valence-corrected chi connectivity index (χ4v) is 0.446. The first kappa shape index (κ1) is 10.6. The highest BCUT2D eigenvalue weighted by atomic mass is 16.5. The van der Waals surface area contributed by atoms with Gasteiger partial charge in [0, 0.05) is 0 Å². The summed E-state index contributed by atoms with van der Waals surface area (Å²) < 4.78 is 8.90. The molecular weight excluding hydrogens is 162 g/mol. The van der Waals surface area contributed by atoms with Gasteiger partial charge in [-0.15, -0.1) is 0 Å². The maximum Gasteiger partial charge on any atom is 0.433 e. The fourth-order valence-electron chi connectivity index (χ4n) is 0.446. The Balaban J connectivity index is 3.73. The predicted octanol–water partition coefficient (Wildman–Crippen LogP) is 0.777. The molecule has 0 unspecified atom stereocenters. The van der Waals surface area contributed by atoms with Crippen molar-refractivity contribution in [3.63, 3.8) is 0 Å². The van der Waals surface area contributed by atoms with Gasteiger partial charge in [0.05, 0.1) is 13.2 Å². The number of carbonyl (C=O) groups excluding carboxylic acids is 2. The number of hydrogen-bond acceptors (Lipinski definition) is 4. The van der Waals surface area contributed by atoms with Crippen LogP contribution in [0.25, 0.3) is 0 Å². The quantitative estimate of drug-likeness (QED) is 0.467. The summed E-state index contributed by atoms with van der Waals surface area (Å²) in [5.41, 5.74) is 0. The number of esters is 1. The summed E-state index contributed by atoms with van der Waals surface area (Å²) in [6.07, 6.45) is 0.00662. The molecule has 0 aromatic rings. The van der Waals surface area contributed by atoms with Gasteiger partial charge in [-0.2, -0.15) is 4.99 Å². The molecule has 0 spiro atoms. The molecule has 0 saturated heterocycles. The highest BCUT2D eigenvalue weighted by molar-refractivity contribution is 6.24. The third-order valence-electron chi connectivity index (χ3n) is 0.830. The van der Waals surface area contributed by atoms with Crippen molar-refractivity contribution in [1.82, 2.24) is 0 Å². The van der Waals surface area contributed by atoms with Crippen LogP contribution in [-0.4, -0.2) is 31.5 Å². The zero-order chi connectivity index (χ0) is 9.40. The lowest BCUT2D eigenvalue weighted by Gasteiger charge is -1.94. The van der Waals surface area contributed by atoms with Crippen molar-refractivity contribution in [1.29, 1.82) is 0 Å². The van der Waals surface area contributed by atoms with E-state index in [-0.39, 0.29) is 13.2 Å². The van der Waals surface area contributed by atoms with Crippen molar-refractivity contribution in [2.24, 2.45) is 4.99 Å². The van der Waals surface area contributed by atoms with Gasteiger partial charge in [-0.05, 0) is 13.8 Å². The van der Waals surface area contributed by atoms with Crippen molar-refractivity contribution >= 4 is 18.3 Å². The van der Waals surface area contributed by atoms with Gasteiger partial charge < -0.3 is 9.47 Å². The van der Waals surface area contributed by atoms with Crippen molar-refractivity contribution < 1.29 is 19.1 Å². The summed E-state index contributed by atoms with van der Waals surface area (Å²) in [5.74, 6) is -0.648. The van der Waals surface area contributed by atoms with Crippen LogP contribution in [0.15, 0.2) is 4.99 Å². The van der Waals surface area contributed by atoms with E-state index >= 15 is 0 Å². The summed E-state index contributed by atoms with van der Waals surface area (Å²) in [5, 5.41) is 0. The topological polar surface area (TPSA) is 65.0 Å². The van der Waals surface area contributed by atoms with Gasteiger partial charge in [-0.3, -0.25) is 0 Å². The molecular formula is C7H11NO4. The number of nitrogens with zero attached hydrogens (tertiary/aromatic N) is 1. The van der Waals surface area contributed by atoms with Crippen LogP contribution >= 0.6 is 0 Å². The van der Waals surface area contributed by atoms with Crippen LogP contribution in [0.4, 0.5) is 4.79 Å². The maximum atomic E-state index is 10.6. The van der Waals surface area contributed by atoms with Crippen molar-refractivity contribution in [3.8, 4) is 0 Å². The number of hydrogen-bond donors (Lipinski definition) is 0. The second kappa shape index (κ2) is 6.33. The Kier molecular flexibility index (Phi) is 5.60. The van der Waals surface area contributed by atoms with Crippen molar-refractivity contribution in [2.75, 3.05) is 13.2 Å². The molecule has 0 N–H and O–H groups in total. The molecule has 5 nitrogen and oxygen atoms in total. The molecule has 0 bridgehead atoms. The fraction of sp³-hybridized carbons (Fsp3) is 0.571. The number of rotatable bonds is 3. The molecule has 0 atom stereocenters. The molecule has 0 heterocycles. The Labute approximate surface area is 70.4 Å². The van der Waals surface area contributed by atoms with E-state index in [0.29, 0.717) is 0 Å². The average Bonchev–Trinajstić information content (AvgIpc) is 2.02. The van der Waals surface area contributed by atoms with E-state index < -0.39 is 12.1 Å². The van der Waals surface area contributed by atoms with Gasteiger partial charge in [0.15, 0.2) is 0 Å². The molecule has 0 radical (unpaired) electrons. The first-order valence-corrected chi connectivity index (χ1v) is 3.58. The Morgan fingerprint density at radius 2 is 1.83 bits per heavy atom. The largest absolute Gasteiger partial charge is 0.462 e. The second-order valence-corrected chi connectivity index (χ2v) is 1.71. The van der Waals surface area contributed by atoms with Crippen LogP contribution in [0.5, 0.6) is 0 Å². The molecule has 0 aromatic carbocycles. The lowest BCUT2D eigenvalue weighted by molar-refractivity contribution is -0.134. The van der Waals surface area contributed by atoms with E-state index in [4.69, 9.17) is 0 Å². The van der Waals surface area contributed by atoms with Crippen LogP contribution in [-0.2, 0) is 14.3 Å².